The summed E-state index contributed by atoms with van der Waals surface area (Å²) in [5.41, 5.74) is 0.813. The van der Waals surface area contributed by atoms with Gasteiger partial charge in [-0.15, -0.1) is 0 Å². The molecule has 0 bridgehead atoms. The molecule has 0 aliphatic carbocycles. The van der Waals surface area contributed by atoms with Gasteiger partial charge in [0.05, 0.1) is 0 Å². The van der Waals surface area contributed by atoms with Crippen molar-refractivity contribution in [2.24, 2.45) is 0 Å². The highest BCUT2D eigenvalue weighted by molar-refractivity contribution is 6.07. The van der Waals surface area contributed by atoms with Crippen LogP contribution in [0.3, 0.4) is 0 Å². The highest BCUT2D eigenvalue weighted by atomic mass is 16.2. The lowest BCUT2D eigenvalue weighted by Gasteiger charge is -2.27. The van der Waals surface area contributed by atoms with Crippen molar-refractivity contribution in [3.63, 3.8) is 0 Å². The lowest BCUT2D eigenvalue weighted by molar-refractivity contribution is 0.0722. The van der Waals surface area contributed by atoms with E-state index in [2.05, 4.69) is 17.4 Å². The molecule has 1 aliphatic rings. The molecular weight excluding hydrogens is 260 g/mol. The number of fused-ring (bicyclic) bond motifs is 1. The van der Waals surface area contributed by atoms with E-state index in [-0.39, 0.29) is 5.91 Å². The van der Waals surface area contributed by atoms with Crippen LogP contribution in [0.1, 0.15) is 29.6 Å². The van der Waals surface area contributed by atoms with Gasteiger partial charge in [0.1, 0.15) is 0 Å². The van der Waals surface area contributed by atoms with Gasteiger partial charge in [-0.2, -0.15) is 0 Å². The molecular formula is C18H22N2O. The van der Waals surface area contributed by atoms with Crippen LogP contribution in [0.5, 0.6) is 0 Å². The van der Waals surface area contributed by atoms with E-state index in [1.165, 1.54) is 0 Å². The van der Waals surface area contributed by atoms with E-state index in [4.69, 9.17) is 0 Å². The Hall–Kier alpha value is -1.87. The zero-order valence-electron chi connectivity index (χ0n) is 12.5. The number of benzene rings is 2. The first-order chi connectivity index (χ1) is 10.3. The molecule has 1 saturated heterocycles. The second-order valence-electron chi connectivity index (χ2n) is 5.78. The summed E-state index contributed by atoms with van der Waals surface area (Å²) in [7, 11) is 1.94. The Balaban J connectivity index is 1.89. The molecule has 3 heteroatoms. The van der Waals surface area contributed by atoms with E-state index in [9.17, 15) is 4.79 Å². The van der Waals surface area contributed by atoms with Gasteiger partial charge in [0.15, 0.2) is 0 Å². The van der Waals surface area contributed by atoms with Gasteiger partial charge < -0.3 is 10.2 Å². The average molecular weight is 282 g/mol. The number of nitrogens with zero attached hydrogens (tertiary/aromatic N) is 1. The highest BCUT2D eigenvalue weighted by Crippen LogP contribution is 2.22. The van der Waals surface area contributed by atoms with E-state index in [1.807, 2.05) is 42.3 Å². The summed E-state index contributed by atoms with van der Waals surface area (Å²) in [5.74, 6) is 0.138. The molecule has 1 amide bonds. The quantitative estimate of drug-likeness (QED) is 0.918. The summed E-state index contributed by atoms with van der Waals surface area (Å²) < 4.78 is 0. The third kappa shape index (κ3) is 2.93. The minimum Gasteiger partial charge on any atom is -0.339 e. The van der Waals surface area contributed by atoms with Crippen molar-refractivity contribution in [3.05, 3.63) is 48.0 Å². The molecule has 2 aromatic rings. The maximum Gasteiger partial charge on any atom is 0.254 e. The van der Waals surface area contributed by atoms with Crippen LogP contribution in [0.2, 0.25) is 0 Å². The van der Waals surface area contributed by atoms with E-state index in [0.29, 0.717) is 6.04 Å². The number of hydrogen-bond acceptors (Lipinski definition) is 2. The zero-order valence-corrected chi connectivity index (χ0v) is 12.5. The van der Waals surface area contributed by atoms with Gasteiger partial charge in [-0.25, -0.2) is 0 Å². The SMILES string of the molecule is CN(C(=O)c1cccc2ccccc12)C1CCCNCC1. The number of hydrogen-bond donors (Lipinski definition) is 1. The average Bonchev–Trinajstić information content (AvgIpc) is 2.82. The first-order valence-corrected chi connectivity index (χ1v) is 7.73. The molecule has 1 aliphatic heterocycles. The summed E-state index contributed by atoms with van der Waals surface area (Å²) >= 11 is 0. The molecule has 3 rings (SSSR count). The molecule has 1 unspecified atom stereocenters. The third-order valence-corrected chi connectivity index (χ3v) is 4.43. The molecule has 0 aromatic heterocycles. The standard InChI is InChI=1S/C18H22N2O/c1-20(15-8-5-12-19-13-11-15)18(21)17-10-4-7-14-6-2-3-9-16(14)17/h2-4,6-7,9-10,15,19H,5,8,11-13H2,1H3. The Morgan fingerprint density at radius 3 is 2.81 bits per heavy atom. The van der Waals surface area contributed by atoms with E-state index < -0.39 is 0 Å². The van der Waals surface area contributed by atoms with Crippen molar-refractivity contribution in [1.82, 2.24) is 10.2 Å². The fourth-order valence-corrected chi connectivity index (χ4v) is 3.16. The van der Waals surface area contributed by atoms with Gasteiger partial charge in [-0.05, 0) is 49.2 Å². The Labute approximate surface area is 125 Å². The molecule has 1 heterocycles. The summed E-state index contributed by atoms with van der Waals surface area (Å²) in [5, 5.41) is 5.57. The summed E-state index contributed by atoms with van der Waals surface area (Å²) in [6.45, 7) is 2.06. The van der Waals surface area contributed by atoms with Crippen LogP contribution in [0, 0.1) is 0 Å². The topological polar surface area (TPSA) is 32.3 Å². The van der Waals surface area contributed by atoms with Gasteiger partial charge in [-0.1, -0.05) is 36.4 Å². The van der Waals surface area contributed by atoms with E-state index >= 15 is 0 Å². The monoisotopic (exact) mass is 282 g/mol. The number of amides is 1. The maximum atomic E-state index is 12.9. The lowest BCUT2D eigenvalue weighted by Crippen LogP contribution is -2.37. The number of nitrogens with one attached hydrogen (secondary N) is 1. The van der Waals surface area contributed by atoms with E-state index in [0.717, 1.165) is 48.7 Å². The van der Waals surface area contributed by atoms with Crippen LogP contribution < -0.4 is 5.32 Å². The van der Waals surface area contributed by atoms with Crippen LogP contribution in [-0.2, 0) is 0 Å². The molecule has 3 nitrogen and oxygen atoms in total. The molecule has 1 N–H and O–H groups in total. The molecule has 2 aromatic carbocycles. The van der Waals surface area contributed by atoms with Crippen LogP contribution in [0.15, 0.2) is 42.5 Å². The predicted octanol–water partition coefficient (Wildman–Crippen LogP) is 3.05. The van der Waals surface area contributed by atoms with Crippen molar-refractivity contribution < 1.29 is 4.79 Å². The molecule has 0 saturated carbocycles. The van der Waals surface area contributed by atoms with Crippen LogP contribution in [0.4, 0.5) is 0 Å². The first-order valence-electron chi connectivity index (χ1n) is 7.73. The minimum atomic E-state index is 0.138. The molecule has 1 atom stereocenters. The fourth-order valence-electron chi connectivity index (χ4n) is 3.16. The smallest absolute Gasteiger partial charge is 0.254 e. The predicted molar refractivity (Wildman–Crippen MR) is 86.6 cm³/mol. The molecule has 0 spiro atoms. The number of carbonyl (C=O) groups is 1. The Morgan fingerprint density at radius 2 is 1.90 bits per heavy atom. The fraction of sp³-hybridized carbons (Fsp3) is 0.389. The third-order valence-electron chi connectivity index (χ3n) is 4.43. The van der Waals surface area contributed by atoms with Gasteiger partial charge >= 0.3 is 0 Å². The lowest BCUT2D eigenvalue weighted by atomic mass is 10.0. The van der Waals surface area contributed by atoms with E-state index in [1.54, 1.807) is 0 Å². The first kappa shape index (κ1) is 14.1. The number of carbonyl (C=O) groups excluding carboxylic acids is 1. The largest absolute Gasteiger partial charge is 0.339 e. The van der Waals surface area contributed by atoms with Crippen molar-refractivity contribution in [2.75, 3.05) is 20.1 Å². The van der Waals surface area contributed by atoms with Gasteiger partial charge in [0, 0.05) is 18.7 Å². The maximum absolute atomic E-state index is 12.9. The Kier molecular flexibility index (Phi) is 4.20. The minimum absolute atomic E-state index is 0.138. The highest BCUT2D eigenvalue weighted by Gasteiger charge is 2.23. The van der Waals surface area contributed by atoms with Gasteiger partial charge in [-0.3, -0.25) is 4.79 Å². The Morgan fingerprint density at radius 1 is 1.10 bits per heavy atom. The van der Waals surface area contributed by atoms with Crippen molar-refractivity contribution in [2.45, 2.75) is 25.3 Å². The van der Waals surface area contributed by atoms with Gasteiger partial charge in [0.2, 0.25) is 0 Å². The van der Waals surface area contributed by atoms with Gasteiger partial charge in [0.25, 0.3) is 5.91 Å². The molecule has 0 radical (unpaired) electrons. The summed E-state index contributed by atoms with van der Waals surface area (Å²) in [6, 6.07) is 14.4. The van der Waals surface area contributed by atoms with Crippen molar-refractivity contribution >= 4 is 16.7 Å². The molecule has 110 valence electrons. The van der Waals surface area contributed by atoms with Crippen molar-refractivity contribution in [1.29, 1.82) is 0 Å². The normalized spacial score (nSPS) is 19.2. The summed E-state index contributed by atoms with van der Waals surface area (Å²) in [4.78, 5) is 14.8. The second-order valence-corrected chi connectivity index (χ2v) is 5.78. The number of rotatable bonds is 2. The Bertz CT molecular complexity index is 625. The van der Waals surface area contributed by atoms with Crippen LogP contribution in [0.25, 0.3) is 10.8 Å². The zero-order chi connectivity index (χ0) is 14.7. The van der Waals surface area contributed by atoms with Crippen LogP contribution in [-0.4, -0.2) is 37.0 Å². The second kappa shape index (κ2) is 6.27. The summed E-state index contributed by atoms with van der Waals surface area (Å²) in [6.07, 6.45) is 3.25. The van der Waals surface area contributed by atoms with Crippen molar-refractivity contribution in [3.8, 4) is 0 Å². The van der Waals surface area contributed by atoms with Crippen LogP contribution >= 0.6 is 0 Å². The molecule has 21 heavy (non-hydrogen) atoms. The molecule has 1 fully saturated rings.